The van der Waals surface area contributed by atoms with Gasteiger partial charge >= 0.3 is 0 Å². The SMILES string of the molecule is CCC1CCCN(CCCCC(C)N)C1. The Morgan fingerprint density at radius 2 is 2.20 bits per heavy atom. The smallest absolute Gasteiger partial charge is 0.00104 e. The molecule has 0 aliphatic carbocycles. The summed E-state index contributed by atoms with van der Waals surface area (Å²) in [6.45, 7) is 8.39. The Hall–Kier alpha value is -0.0800. The van der Waals surface area contributed by atoms with E-state index in [1.165, 1.54) is 58.2 Å². The molecule has 1 aliphatic rings. The van der Waals surface area contributed by atoms with Gasteiger partial charge in [0.15, 0.2) is 0 Å². The van der Waals surface area contributed by atoms with Gasteiger partial charge in [0.05, 0.1) is 0 Å². The van der Waals surface area contributed by atoms with Crippen LogP contribution in [0.2, 0.25) is 0 Å². The molecule has 0 radical (unpaired) electrons. The third-order valence-corrected chi connectivity index (χ3v) is 3.56. The molecule has 1 fully saturated rings. The van der Waals surface area contributed by atoms with Gasteiger partial charge in [-0.05, 0) is 51.6 Å². The quantitative estimate of drug-likeness (QED) is 0.686. The maximum Gasteiger partial charge on any atom is 0.00104 e. The molecule has 15 heavy (non-hydrogen) atoms. The highest BCUT2D eigenvalue weighted by molar-refractivity contribution is 4.71. The number of likely N-dealkylation sites (tertiary alicyclic amines) is 1. The van der Waals surface area contributed by atoms with Crippen LogP contribution in [0.5, 0.6) is 0 Å². The molecule has 0 bridgehead atoms. The van der Waals surface area contributed by atoms with Gasteiger partial charge in [-0.3, -0.25) is 0 Å². The van der Waals surface area contributed by atoms with E-state index in [0.717, 1.165) is 5.92 Å². The zero-order valence-electron chi connectivity index (χ0n) is 10.5. The molecule has 1 aliphatic heterocycles. The molecule has 2 heteroatoms. The van der Waals surface area contributed by atoms with Gasteiger partial charge in [-0.1, -0.05) is 19.8 Å². The Morgan fingerprint density at radius 1 is 1.40 bits per heavy atom. The van der Waals surface area contributed by atoms with E-state index in [4.69, 9.17) is 5.73 Å². The minimum atomic E-state index is 0.384. The van der Waals surface area contributed by atoms with Gasteiger partial charge in [0.1, 0.15) is 0 Å². The molecular formula is C13H28N2. The maximum atomic E-state index is 5.74. The molecular weight excluding hydrogens is 184 g/mol. The molecule has 1 heterocycles. The van der Waals surface area contributed by atoms with Crippen molar-refractivity contribution in [2.24, 2.45) is 11.7 Å². The molecule has 2 atom stereocenters. The van der Waals surface area contributed by atoms with Crippen molar-refractivity contribution in [2.45, 2.75) is 58.4 Å². The van der Waals surface area contributed by atoms with E-state index in [2.05, 4.69) is 18.7 Å². The lowest BCUT2D eigenvalue weighted by Crippen LogP contribution is -2.35. The number of unbranched alkanes of at least 4 members (excludes halogenated alkanes) is 1. The molecule has 0 aromatic heterocycles. The summed E-state index contributed by atoms with van der Waals surface area (Å²) in [5.41, 5.74) is 5.74. The molecule has 2 N–H and O–H groups in total. The van der Waals surface area contributed by atoms with Crippen molar-refractivity contribution in [1.29, 1.82) is 0 Å². The summed E-state index contributed by atoms with van der Waals surface area (Å²) in [5.74, 6) is 0.965. The van der Waals surface area contributed by atoms with E-state index in [1.54, 1.807) is 0 Å². The zero-order chi connectivity index (χ0) is 11.1. The normalized spacial score (nSPS) is 25.4. The van der Waals surface area contributed by atoms with Crippen molar-refractivity contribution in [3.8, 4) is 0 Å². The minimum absolute atomic E-state index is 0.384. The first-order valence-electron chi connectivity index (χ1n) is 6.70. The van der Waals surface area contributed by atoms with Crippen molar-refractivity contribution in [2.75, 3.05) is 19.6 Å². The van der Waals surface area contributed by atoms with Gasteiger partial charge in [0.25, 0.3) is 0 Å². The Labute approximate surface area is 95.2 Å². The van der Waals surface area contributed by atoms with Crippen molar-refractivity contribution in [3.05, 3.63) is 0 Å². The number of piperidine rings is 1. The molecule has 0 spiro atoms. The second-order valence-corrected chi connectivity index (χ2v) is 5.19. The third kappa shape index (κ3) is 5.53. The summed E-state index contributed by atoms with van der Waals surface area (Å²) in [5, 5.41) is 0. The largest absolute Gasteiger partial charge is 0.328 e. The summed E-state index contributed by atoms with van der Waals surface area (Å²) >= 11 is 0. The van der Waals surface area contributed by atoms with Crippen LogP contribution in [0.4, 0.5) is 0 Å². The van der Waals surface area contributed by atoms with Crippen LogP contribution >= 0.6 is 0 Å². The molecule has 90 valence electrons. The Kier molecular flexibility index (Phi) is 6.26. The van der Waals surface area contributed by atoms with Crippen molar-refractivity contribution in [3.63, 3.8) is 0 Å². The standard InChI is InChI=1S/C13H28N2/c1-3-13-8-6-10-15(11-13)9-5-4-7-12(2)14/h12-13H,3-11,14H2,1-2H3. The Balaban J connectivity index is 2.05. The van der Waals surface area contributed by atoms with E-state index in [-0.39, 0.29) is 0 Å². The zero-order valence-corrected chi connectivity index (χ0v) is 10.5. The van der Waals surface area contributed by atoms with Crippen LogP contribution < -0.4 is 5.73 Å². The van der Waals surface area contributed by atoms with E-state index in [1.807, 2.05) is 0 Å². The van der Waals surface area contributed by atoms with Crippen molar-refractivity contribution < 1.29 is 0 Å². The number of hydrogen-bond acceptors (Lipinski definition) is 2. The van der Waals surface area contributed by atoms with Crippen LogP contribution in [-0.2, 0) is 0 Å². The first kappa shape index (κ1) is 13.0. The van der Waals surface area contributed by atoms with Crippen LogP contribution in [0.3, 0.4) is 0 Å². The van der Waals surface area contributed by atoms with Crippen LogP contribution in [0.15, 0.2) is 0 Å². The summed E-state index contributed by atoms with van der Waals surface area (Å²) in [6.07, 6.45) is 8.03. The minimum Gasteiger partial charge on any atom is -0.328 e. The van der Waals surface area contributed by atoms with Gasteiger partial charge in [-0.2, -0.15) is 0 Å². The van der Waals surface area contributed by atoms with Gasteiger partial charge in [-0.15, -0.1) is 0 Å². The molecule has 1 saturated heterocycles. The Morgan fingerprint density at radius 3 is 2.87 bits per heavy atom. The fourth-order valence-corrected chi connectivity index (χ4v) is 2.49. The molecule has 0 aromatic carbocycles. The molecule has 0 saturated carbocycles. The topological polar surface area (TPSA) is 29.3 Å². The molecule has 1 rings (SSSR count). The predicted molar refractivity (Wildman–Crippen MR) is 67.0 cm³/mol. The lowest BCUT2D eigenvalue weighted by molar-refractivity contribution is 0.168. The highest BCUT2D eigenvalue weighted by Crippen LogP contribution is 2.19. The molecule has 2 unspecified atom stereocenters. The third-order valence-electron chi connectivity index (χ3n) is 3.56. The number of hydrogen-bond donors (Lipinski definition) is 1. The van der Waals surface area contributed by atoms with Crippen molar-refractivity contribution in [1.82, 2.24) is 4.90 Å². The second-order valence-electron chi connectivity index (χ2n) is 5.19. The van der Waals surface area contributed by atoms with Crippen LogP contribution in [-0.4, -0.2) is 30.6 Å². The average molecular weight is 212 g/mol. The van der Waals surface area contributed by atoms with Gasteiger partial charge in [-0.25, -0.2) is 0 Å². The second kappa shape index (κ2) is 7.24. The first-order valence-corrected chi connectivity index (χ1v) is 6.70. The monoisotopic (exact) mass is 212 g/mol. The van der Waals surface area contributed by atoms with Crippen LogP contribution in [0, 0.1) is 5.92 Å². The lowest BCUT2D eigenvalue weighted by atomic mass is 9.95. The molecule has 2 nitrogen and oxygen atoms in total. The fourth-order valence-electron chi connectivity index (χ4n) is 2.49. The number of nitrogens with zero attached hydrogens (tertiary/aromatic N) is 1. The van der Waals surface area contributed by atoms with E-state index < -0.39 is 0 Å². The van der Waals surface area contributed by atoms with Crippen LogP contribution in [0.25, 0.3) is 0 Å². The first-order chi connectivity index (χ1) is 7.22. The summed E-state index contributed by atoms with van der Waals surface area (Å²) < 4.78 is 0. The summed E-state index contributed by atoms with van der Waals surface area (Å²) in [6, 6.07) is 0.384. The van der Waals surface area contributed by atoms with Gasteiger partial charge in [0.2, 0.25) is 0 Å². The van der Waals surface area contributed by atoms with Crippen LogP contribution in [0.1, 0.15) is 52.4 Å². The fraction of sp³-hybridized carbons (Fsp3) is 1.00. The van der Waals surface area contributed by atoms with E-state index in [9.17, 15) is 0 Å². The molecule has 0 aromatic rings. The van der Waals surface area contributed by atoms with E-state index in [0.29, 0.717) is 6.04 Å². The van der Waals surface area contributed by atoms with Gasteiger partial charge < -0.3 is 10.6 Å². The van der Waals surface area contributed by atoms with Crippen molar-refractivity contribution >= 4 is 0 Å². The Bertz CT molecular complexity index is 157. The highest BCUT2D eigenvalue weighted by Gasteiger charge is 2.17. The molecule has 0 amide bonds. The predicted octanol–water partition coefficient (Wildman–Crippen LogP) is 2.63. The number of nitrogens with two attached hydrogens (primary N) is 1. The van der Waals surface area contributed by atoms with E-state index >= 15 is 0 Å². The maximum absolute atomic E-state index is 5.74. The summed E-state index contributed by atoms with van der Waals surface area (Å²) in [4.78, 5) is 2.65. The average Bonchev–Trinajstić information content (AvgIpc) is 2.24. The summed E-state index contributed by atoms with van der Waals surface area (Å²) in [7, 11) is 0. The van der Waals surface area contributed by atoms with Gasteiger partial charge in [0, 0.05) is 12.6 Å². The number of rotatable bonds is 6. The lowest BCUT2D eigenvalue weighted by Gasteiger charge is -2.32. The highest BCUT2D eigenvalue weighted by atomic mass is 15.1.